The van der Waals surface area contributed by atoms with Gasteiger partial charge in [0.15, 0.2) is 5.43 Å². The van der Waals surface area contributed by atoms with E-state index in [1.165, 1.54) is 12.3 Å². The zero-order valence-corrected chi connectivity index (χ0v) is 19.1. The summed E-state index contributed by atoms with van der Waals surface area (Å²) in [5.41, 5.74) is 3.57. The molecule has 0 spiro atoms. The fourth-order valence-corrected chi connectivity index (χ4v) is 4.34. The van der Waals surface area contributed by atoms with Crippen LogP contribution in [-0.2, 0) is 11.2 Å². The highest BCUT2D eigenvalue weighted by Crippen LogP contribution is 2.42. The fourth-order valence-electron chi connectivity index (χ4n) is 4.34. The summed E-state index contributed by atoms with van der Waals surface area (Å²) in [6, 6.07) is 11.2. The molecule has 4 rings (SSSR count). The molecule has 0 radical (unpaired) electrons. The smallest absolute Gasteiger partial charge is 0.341 e. The lowest BCUT2D eigenvalue weighted by Gasteiger charge is -2.34. The van der Waals surface area contributed by atoms with E-state index in [9.17, 15) is 14.7 Å². The first-order valence-electron chi connectivity index (χ1n) is 11.1. The Morgan fingerprint density at radius 2 is 2.03 bits per heavy atom. The summed E-state index contributed by atoms with van der Waals surface area (Å²) < 4.78 is 13.2. The third kappa shape index (κ3) is 4.54. The molecule has 0 aliphatic carbocycles. The topological polar surface area (TPSA) is 90.7 Å². The Bertz CT molecular complexity index is 1220. The molecule has 7 heteroatoms. The number of methoxy groups -OCH3 is 1. The highest BCUT2D eigenvalue weighted by atomic mass is 16.5. The maximum atomic E-state index is 12.6. The number of nitrogens with zero attached hydrogens (tertiary/aromatic N) is 2. The summed E-state index contributed by atoms with van der Waals surface area (Å²) in [7, 11) is 1.67. The van der Waals surface area contributed by atoms with E-state index in [1.54, 1.807) is 13.3 Å². The molecule has 1 aliphatic heterocycles. The number of aromatic nitrogens is 2. The zero-order valence-electron chi connectivity index (χ0n) is 19.1. The van der Waals surface area contributed by atoms with Gasteiger partial charge in [0.2, 0.25) is 0 Å². The van der Waals surface area contributed by atoms with E-state index in [2.05, 4.69) is 18.8 Å². The van der Waals surface area contributed by atoms with E-state index in [0.29, 0.717) is 25.3 Å². The van der Waals surface area contributed by atoms with Crippen molar-refractivity contribution in [2.75, 3.05) is 20.3 Å². The number of aromatic carboxylic acids is 1. The number of ether oxygens (including phenoxy) is 2. The van der Waals surface area contributed by atoms with Crippen LogP contribution in [0.4, 0.5) is 0 Å². The van der Waals surface area contributed by atoms with Crippen molar-refractivity contribution in [3.63, 3.8) is 0 Å². The predicted molar refractivity (Wildman–Crippen MR) is 126 cm³/mol. The maximum Gasteiger partial charge on any atom is 0.341 e. The molecule has 1 aromatic carbocycles. The number of carboxylic acid groups (broad SMARTS) is 1. The molecular formula is C26H28N2O5. The Hall–Kier alpha value is -3.45. The van der Waals surface area contributed by atoms with E-state index < -0.39 is 11.4 Å². The van der Waals surface area contributed by atoms with Gasteiger partial charge < -0.3 is 19.1 Å². The maximum absolute atomic E-state index is 12.6. The molecule has 0 saturated heterocycles. The summed E-state index contributed by atoms with van der Waals surface area (Å²) >= 11 is 0. The van der Waals surface area contributed by atoms with Crippen molar-refractivity contribution in [1.29, 1.82) is 0 Å². The molecule has 1 N–H and O–H groups in total. The van der Waals surface area contributed by atoms with Crippen LogP contribution >= 0.6 is 0 Å². The zero-order chi connectivity index (χ0) is 23.5. The average molecular weight is 449 g/mol. The molecule has 1 atom stereocenters. The highest BCUT2D eigenvalue weighted by molar-refractivity contribution is 5.88. The molecule has 0 bridgehead atoms. The Morgan fingerprint density at radius 1 is 1.21 bits per heavy atom. The average Bonchev–Trinajstić information content (AvgIpc) is 2.80. The number of carbonyl (C=O) groups is 1. The Labute approximate surface area is 192 Å². The van der Waals surface area contributed by atoms with Crippen molar-refractivity contribution in [2.45, 2.75) is 32.7 Å². The predicted octanol–water partition coefficient (Wildman–Crippen LogP) is 4.44. The molecule has 172 valence electrons. The van der Waals surface area contributed by atoms with Gasteiger partial charge in [0.05, 0.1) is 18.0 Å². The van der Waals surface area contributed by atoms with Crippen LogP contribution in [-0.4, -0.2) is 41.0 Å². The summed E-state index contributed by atoms with van der Waals surface area (Å²) in [4.78, 5) is 28.7. The lowest BCUT2D eigenvalue weighted by Crippen LogP contribution is -2.28. The molecule has 1 aliphatic rings. The lowest BCUT2D eigenvalue weighted by molar-refractivity contribution is 0.0694. The van der Waals surface area contributed by atoms with E-state index >= 15 is 0 Å². The summed E-state index contributed by atoms with van der Waals surface area (Å²) in [5.74, 6) is -0.232. The van der Waals surface area contributed by atoms with Crippen molar-refractivity contribution in [2.24, 2.45) is 5.92 Å². The molecule has 3 aromatic rings. The molecule has 7 nitrogen and oxygen atoms in total. The second kappa shape index (κ2) is 9.58. The number of fused-ring (bicyclic) bond motifs is 3. The van der Waals surface area contributed by atoms with E-state index in [4.69, 9.17) is 9.47 Å². The minimum absolute atomic E-state index is 0.0215. The van der Waals surface area contributed by atoms with Crippen molar-refractivity contribution >= 4 is 5.97 Å². The van der Waals surface area contributed by atoms with Gasteiger partial charge in [0.1, 0.15) is 11.3 Å². The van der Waals surface area contributed by atoms with Gasteiger partial charge in [-0.2, -0.15) is 0 Å². The lowest BCUT2D eigenvalue weighted by atomic mass is 9.86. The van der Waals surface area contributed by atoms with Gasteiger partial charge in [0.25, 0.3) is 0 Å². The Morgan fingerprint density at radius 3 is 2.70 bits per heavy atom. The van der Waals surface area contributed by atoms with Gasteiger partial charge >= 0.3 is 5.97 Å². The van der Waals surface area contributed by atoms with Gasteiger partial charge in [-0.15, -0.1) is 0 Å². The molecule has 0 fully saturated rings. The van der Waals surface area contributed by atoms with Gasteiger partial charge in [-0.3, -0.25) is 9.78 Å². The minimum atomic E-state index is -1.21. The summed E-state index contributed by atoms with van der Waals surface area (Å²) in [6.07, 6.45) is 4.69. The number of benzene rings is 1. The monoisotopic (exact) mass is 448 g/mol. The largest absolute Gasteiger partial charge is 0.493 e. The Kier molecular flexibility index (Phi) is 6.60. The first-order chi connectivity index (χ1) is 15.9. The molecule has 1 unspecified atom stereocenters. The third-order valence-corrected chi connectivity index (χ3v) is 6.04. The van der Waals surface area contributed by atoms with Gasteiger partial charge in [-0.1, -0.05) is 19.9 Å². The number of hydrogen-bond donors (Lipinski definition) is 1. The van der Waals surface area contributed by atoms with Crippen molar-refractivity contribution < 1.29 is 19.4 Å². The van der Waals surface area contributed by atoms with Crippen molar-refractivity contribution in [1.82, 2.24) is 9.55 Å². The van der Waals surface area contributed by atoms with Gasteiger partial charge in [0, 0.05) is 55.8 Å². The number of carboxylic acids is 1. The molecule has 2 aromatic heterocycles. The Balaban J connectivity index is 1.89. The van der Waals surface area contributed by atoms with Gasteiger partial charge in [-0.05, 0) is 42.2 Å². The molecular weight excluding hydrogens is 420 g/mol. The normalized spacial score (nSPS) is 14.6. The van der Waals surface area contributed by atoms with Crippen LogP contribution in [0.1, 0.15) is 42.2 Å². The number of hydrogen-bond acceptors (Lipinski definition) is 5. The molecule has 3 heterocycles. The first-order valence-corrected chi connectivity index (χ1v) is 11.1. The van der Waals surface area contributed by atoms with E-state index in [-0.39, 0.29) is 17.5 Å². The van der Waals surface area contributed by atoms with Crippen LogP contribution in [0, 0.1) is 5.92 Å². The minimum Gasteiger partial charge on any atom is -0.493 e. The standard InChI is InChI=1S/C26H28N2O5/c1-16(2)22-11-17-12-25(33-10-6-9-32-3)19(21-7-4-5-8-27-21)13-18(17)23-14-24(29)20(26(30)31)15-28(22)23/h4-5,7-8,12-16,22H,6,9-11H2,1-3H3,(H,30,31). The van der Waals surface area contributed by atoms with Crippen LogP contribution in [0.5, 0.6) is 5.75 Å². The first kappa shape index (κ1) is 22.7. The van der Waals surface area contributed by atoms with Crippen LogP contribution in [0.3, 0.4) is 0 Å². The van der Waals surface area contributed by atoms with Crippen LogP contribution in [0.2, 0.25) is 0 Å². The molecule has 0 saturated carbocycles. The third-order valence-electron chi connectivity index (χ3n) is 6.04. The second-order valence-electron chi connectivity index (χ2n) is 8.58. The van der Waals surface area contributed by atoms with Crippen LogP contribution < -0.4 is 10.2 Å². The van der Waals surface area contributed by atoms with Crippen LogP contribution in [0.15, 0.2) is 53.6 Å². The van der Waals surface area contributed by atoms with E-state index in [0.717, 1.165) is 34.6 Å². The SMILES string of the molecule is COCCCOc1cc2c(cc1-c1ccccn1)-c1cc(=O)c(C(=O)O)cn1C(C(C)C)C2. The van der Waals surface area contributed by atoms with Gasteiger partial charge in [-0.25, -0.2) is 4.79 Å². The quantitative estimate of drug-likeness (QED) is 0.512. The van der Waals surface area contributed by atoms with Crippen molar-refractivity contribution in [3.8, 4) is 28.3 Å². The van der Waals surface area contributed by atoms with E-state index in [1.807, 2.05) is 34.9 Å². The fraction of sp³-hybridized carbons (Fsp3) is 0.346. The number of rotatable bonds is 8. The molecule has 33 heavy (non-hydrogen) atoms. The summed E-state index contributed by atoms with van der Waals surface area (Å²) in [6.45, 7) is 5.32. The second-order valence-corrected chi connectivity index (χ2v) is 8.58. The summed E-state index contributed by atoms with van der Waals surface area (Å²) in [5, 5.41) is 9.49. The van der Waals surface area contributed by atoms with Crippen molar-refractivity contribution in [3.05, 3.63) is 70.1 Å². The molecule has 0 amide bonds. The highest BCUT2D eigenvalue weighted by Gasteiger charge is 2.29. The van der Waals surface area contributed by atoms with Crippen LogP contribution in [0.25, 0.3) is 22.5 Å². The number of pyridine rings is 2.